The number of nitrogens with zero attached hydrogens (tertiary/aromatic N) is 3. The Hall–Kier alpha value is -2.68. The largest absolute Gasteiger partial charge is 0.493 e. The topological polar surface area (TPSA) is 111 Å². The number of methoxy groups -OCH3 is 1. The zero-order valence-corrected chi connectivity index (χ0v) is 16.9. The second-order valence-corrected chi connectivity index (χ2v) is 9.34. The molecule has 1 saturated heterocycles. The molecule has 28 heavy (non-hydrogen) atoms. The van der Waals surface area contributed by atoms with E-state index >= 15 is 0 Å². The van der Waals surface area contributed by atoms with E-state index in [2.05, 4.69) is 9.46 Å². The van der Waals surface area contributed by atoms with Crippen LogP contribution in [-0.2, 0) is 21.5 Å². The molecule has 1 aromatic heterocycles. The van der Waals surface area contributed by atoms with Crippen LogP contribution in [0.15, 0.2) is 22.6 Å². The van der Waals surface area contributed by atoms with E-state index in [9.17, 15) is 18.9 Å². The number of carbonyl (C=O) groups is 2. The van der Waals surface area contributed by atoms with Crippen molar-refractivity contribution in [1.29, 1.82) is 0 Å². The average Bonchev–Trinajstić information content (AvgIpc) is 2.92. The van der Waals surface area contributed by atoms with Crippen LogP contribution < -0.4 is 0 Å². The average molecular weight is 405 g/mol. The maximum atomic E-state index is 13.0. The number of hydrogen-bond donors (Lipinski definition) is 1. The van der Waals surface area contributed by atoms with Crippen molar-refractivity contribution in [2.24, 2.45) is 11.4 Å². The van der Waals surface area contributed by atoms with Crippen LogP contribution in [0.1, 0.15) is 51.2 Å². The number of benzene rings is 1. The number of rotatable bonds is 4. The van der Waals surface area contributed by atoms with Gasteiger partial charge in [0, 0.05) is 24.1 Å². The van der Waals surface area contributed by atoms with Crippen molar-refractivity contribution in [3.63, 3.8) is 0 Å². The lowest BCUT2D eigenvalue weighted by Gasteiger charge is -2.16. The molecule has 0 atom stereocenters. The Kier molecular flexibility index (Phi) is 5.55. The van der Waals surface area contributed by atoms with Gasteiger partial charge in [0.15, 0.2) is 5.78 Å². The van der Waals surface area contributed by atoms with Crippen LogP contribution in [0.5, 0.6) is 5.88 Å². The molecule has 8 nitrogen and oxygen atoms in total. The van der Waals surface area contributed by atoms with Crippen LogP contribution in [0.3, 0.4) is 0 Å². The second kappa shape index (κ2) is 7.75. The Morgan fingerprint density at radius 2 is 1.93 bits per heavy atom. The second-order valence-electron chi connectivity index (χ2n) is 6.79. The highest BCUT2D eigenvalue weighted by Crippen LogP contribution is 2.29. The number of ketones is 1. The SMILES string of the molecule is COC(=O)c1ccc(C(=O)c2c(C)nn(C)c2O)cc1N=S1(=O)CCCCC1. The number of ether oxygens (including phenoxy) is 1. The van der Waals surface area contributed by atoms with Gasteiger partial charge < -0.3 is 9.84 Å². The van der Waals surface area contributed by atoms with Crippen molar-refractivity contribution in [2.45, 2.75) is 26.2 Å². The molecule has 0 saturated carbocycles. The molecule has 0 aliphatic carbocycles. The summed E-state index contributed by atoms with van der Waals surface area (Å²) in [5, 5.41) is 14.2. The third-order valence-corrected chi connectivity index (χ3v) is 7.16. The Morgan fingerprint density at radius 3 is 2.50 bits per heavy atom. The van der Waals surface area contributed by atoms with Crippen LogP contribution >= 0.6 is 0 Å². The highest BCUT2D eigenvalue weighted by atomic mass is 32.2. The van der Waals surface area contributed by atoms with E-state index in [0.717, 1.165) is 19.3 Å². The third kappa shape index (κ3) is 3.80. The number of carbonyl (C=O) groups excluding carboxylic acids is 2. The summed E-state index contributed by atoms with van der Waals surface area (Å²) in [7, 11) is 0.301. The molecule has 1 fully saturated rings. The predicted octanol–water partition coefficient (Wildman–Crippen LogP) is 2.74. The molecule has 3 rings (SSSR count). The lowest BCUT2D eigenvalue weighted by atomic mass is 10.0. The fourth-order valence-corrected chi connectivity index (χ4v) is 5.50. The summed E-state index contributed by atoms with van der Waals surface area (Å²) in [6, 6.07) is 4.33. The zero-order valence-electron chi connectivity index (χ0n) is 16.1. The summed E-state index contributed by atoms with van der Waals surface area (Å²) in [4.78, 5) is 25.1. The van der Waals surface area contributed by atoms with E-state index in [1.807, 2.05) is 0 Å². The molecular weight excluding hydrogens is 382 g/mol. The first-order valence-electron chi connectivity index (χ1n) is 8.98. The van der Waals surface area contributed by atoms with Gasteiger partial charge in [-0.1, -0.05) is 12.5 Å². The van der Waals surface area contributed by atoms with E-state index in [-0.39, 0.29) is 28.3 Å². The number of esters is 1. The lowest BCUT2D eigenvalue weighted by molar-refractivity contribution is 0.0601. The van der Waals surface area contributed by atoms with Crippen molar-refractivity contribution < 1.29 is 23.6 Å². The van der Waals surface area contributed by atoms with Crippen LogP contribution in [0.25, 0.3) is 0 Å². The molecular formula is C19H23N3O5S. The molecule has 1 aliphatic heterocycles. The maximum Gasteiger partial charge on any atom is 0.340 e. The predicted molar refractivity (Wildman–Crippen MR) is 105 cm³/mol. The molecule has 2 heterocycles. The number of aromatic hydroxyl groups is 1. The summed E-state index contributed by atoms with van der Waals surface area (Å²) in [5.74, 6) is -0.370. The summed E-state index contributed by atoms with van der Waals surface area (Å²) in [5.41, 5.74) is 1.02. The van der Waals surface area contributed by atoms with Crippen molar-refractivity contribution in [1.82, 2.24) is 9.78 Å². The fourth-order valence-electron chi connectivity index (χ4n) is 3.29. The van der Waals surface area contributed by atoms with Crippen LogP contribution in [-0.4, -0.2) is 49.5 Å². The maximum absolute atomic E-state index is 13.0. The molecule has 0 unspecified atom stereocenters. The van der Waals surface area contributed by atoms with Gasteiger partial charge in [-0.25, -0.2) is 13.7 Å². The van der Waals surface area contributed by atoms with Crippen molar-refractivity contribution >= 4 is 27.2 Å². The minimum Gasteiger partial charge on any atom is -0.493 e. The normalized spacial score (nSPS) is 15.8. The first-order valence-corrected chi connectivity index (χ1v) is 10.8. The molecule has 1 aromatic carbocycles. The molecule has 9 heteroatoms. The van der Waals surface area contributed by atoms with Gasteiger partial charge in [0.1, 0.15) is 5.56 Å². The fraction of sp³-hybridized carbons (Fsp3) is 0.421. The number of hydrogen-bond acceptors (Lipinski definition) is 7. The Morgan fingerprint density at radius 1 is 1.25 bits per heavy atom. The standard InChI is InChI=1S/C19H23N3O5S/c1-12-16(18(24)22(2)20-12)17(23)13-7-8-14(19(25)27-3)15(11-13)21-28(26)9-5-4-6-10-28/h7-8,11,24H,4-6,9-10H2,1-3H3. The van der Waals surface area contributed by atoms with Gasteiger partial charge in [0.2, 0.25) is 5.88 Å². The van der Waals surface area contributed by atoms with E-state index in [4.69, 9.17) is 4.74 Å². The lowest BCUT2D eigenvalue weighted by Crippen LogP contribution is -2.16. The molecule has 1 aliphatic rings. The van der Waals surface area contributed by atoms with Crippen molar-refractivity contribution in [2.75, 3.05) is 18.6 Å². The van der Waals surface area contributed by atoms with Gasteiger partial charge >= 0.3 is 5.97 Å². The third-order valence-electron chi connectivity index (χ3n) is 4.78. The van der Waals surface area contributed by atoms with Gasteiger partial charge in [-0.05, 0) is 31.9 Å². The molecule has 0 radical (unpaired) electrons. The molecule has 0 amide bonds. The van der Waals surface area contributed by atoms with E-state index in [1.54, 1.807) is 6.92 Å². The Balaban J connectivity index is 2.12. The van der Waals surface area contributed by atoms with Gasteiger partial charge in [0.05, 0.1) is 33.8 Å². The van der Waals surface area contributed by atoms with Gasteiger partial charge in [-0.15, -0.1) is 0 Å². The van der Waals surface area contributed by atoms with Gasteiger partial charge in [0.25, 0.3) is 0 Å². The minimum absolute atomic E-state index is 0.0844. The monoisotopic (exact) mass is 405 g/mol. The highest BCUT2D eigenvalue weighted by molar-refractivity contribution is 7.93. The van der Waals surface area contributed by atoms with Gasteiger partial charge in [-0.2, -0.15) is 9.46 Å². The van der Waals surface area contributed by atoms with E-state index in [1.165, 1.54) is 37.0 Å². The first-order chi connectivity index (χ1) is 13.3. The number of aromatic nitrogens is 2. The van der Waals surface area contributed by atoms with Crippen LogP contribution in [0.4, 0.5) is 5.69 Å². The van der Waals surface area contributed by atoms with Crippen LogP contribution in [0.2, 0.25) is 0 Å². The molecule has 150 valence electrons. The zero-order chi connectivity index (χ0) is 20.5. The molecule has 1 N–H and O–H groups in total. The van der Waals surface area contributed by atoms with Gasteiger partial charge in [-0.3, -0.25) is 4.79 Å². The Bertz CT molecular complexity index is 1050. The number of aryl methyl sites for hydroxylation is 2. The van der Waals surface area contributed by atoms with Crippen molar-refractivity contribution in [3.8, 4) is 5.88 Å². The molecule has 0 spiro atoms. The highest BCUT2D eigenvalue weighted by Gasteiger charge is 2.24. The summed E-state index contributed by atoms with van der Waals surface area (Å²) in [6.07, 6.45) is 2.64. The quantitative estimate of drug-likeness (QED) is 0.618. The Labute approximate surface area is 163 Å². The van der Waals surface area contributed by atoms with Crippen molar-refractivity contribution in [3.05, 3.63) is 40.6 Å². The summed E-state index contributed by atoms with van der Waals surface area (Å²) < 4.78 is 23.5. The smallest absolute Gasteiger partial charge is 0.340 e. The minimum atomic E-state index is -2.49. The van der Waals surface area contributed by atoms with E-state index < -0.39 is 21.5 Å². The summed E-state index contributed by atoms with van der Waals surface area (Å²) >= 11 is 0. The first kappa shape index (κ1) is 20.1. The van der Waals surface area contributed by atoms with E-state index in [0.29, 0.717) is 17.2 Å². The molecule has 0 bridgehead atoms. The van der Waals surface area contributed by atoms with Crippen LogP contribution in [0, 0.1) is 6.92 Å². The summed E-state index contributed by atoms with van der Waals surface area (Å²) in [6.45, 7) is 1.62. The molecule has 2 aromatic rings.